The van der Waals surface area contributed by atoms with E-state index in [1.54, 1.807) is 12.1 Å². The van der Waals surface area contributed by atoms with E-state index < -0.39 is 5.41 Å². The van der Waals surface area contributed by atoms with Gasteiger partial charge in [-0.15, -0.1) is 0 Å². The van der Waals surface area contributed by atoms with Crippen LogP contribution >= 0.6 is 0 Å². The van der Waals surface area contributed by atoms with Gasteiger partial charge >= 0.3 is 0 Å². The van der Waals surface area contributed by atoms with Crippen LogP contribution in [0.3, 0.4) is 0 Å². The summed E-state index contributed by atoms with van der Waals surface area (Å²) in [6.45, 7) is 10.4. The highest BCUT2D eigenvalue weighted by atomic mass is 19.1. The minimum absolute atomic E-state index is 0.263. The van der Waals surface area contributed by atoms with Gasteiger partial charge in [-0.1, -0.05) is 61.5 Å². The summed E-state index contributed by atoms with van der Waals surface area (Å²) in [7, 11) is 0. The van der Waals surface area contributed by atoms with Crippen LogP contribution in [0.25, 0.3) is 0 Å². The molecule has 34 heavy (non-hydrogen) atoms. The SMILES string of the molecule is CC(C)C(C#N)(CCCN1CCN(CCC/C(=N/O)c2ccc(F)cc2)CC1)c1ccccc1. The lowest BCUT2D eigenvalue weighted by Crippen LogP contribution is -2.47. The van der Waals surface area contributed by atoms with Crippen LogP contribution in [0.5, 0.6) is 0 Å². The van der Waals surface area contributed by atoms with Gasteiger partial charge in [-0.3, -0.25) is 0 Å². The van der Waals surface area contributed by atoms with Crippen LogP contribution in [-0.2, 0) is 5.41 Å². The second kappa shape index (κ2) is 12.6. The number of oxime groups is 1. The van der Waals surface area contributed by atoms with Gasteiger partial charge in [0.05, 0.1) is 17.2 Å². The fraction of sp³-hybridized carbons (Fsp3) is 0.500. The maximum atomic E-state index is 13.1. The van der Waals surface area contributed by atoms with Crippen molar-refractivity contribution in [2.24, 2.45) is 11.1 Å². The summed E-state index contributed by atoms with van der Waals surface area (Å²) in [5, 5.41) is 22.8. The van der Waals surface area contributed by atoms with Gasteiger partial charge in [0.1, 0.15) is 5.82 Å². The second-order valence-corrected chi connectivity index (χ2v) is 9.55. The molecule has 1 aliphatic rings. The molecule has 1 aliphatic heterocycles. The fourth-order valence-electron chi connectivity index (χ4n) is 4.93. The normalized spacial score (nSPS) is 17.4. The Balaban J connectivity index is 1.40. The Morgan fingerprint density at radius 3 is 2.12 bits per heavy atom. The van der Waals surface area contributed by atoms with Crippen molar-refractivity contribution in [3.05, 3.63) is 71.5 Å². The number of hydrogen-bond acceptors (Lipinski definition) is 5. The molecule has 6 heteroatoms. The van der Waals surface area contributed by atoms with Crippen molar-refractivity contribution in [3.63, 3.8) is 0 Å². The zero-order valence-electron chi connectivity index (χ0n) is 20.5. The Bertz CT molecular complexity index is 947. The zero-order chi connectivity index (χ0) is 24.4. The molecule has 0 radical (unpaired) electrons. The highest BCUT2D eigenvalue weighted by molar-refractivity contribution is 6.00. The maximum absolute atomic E-state index is 13.1. The van der Waals surface area contributed by atoms with Gasteiger partial charge in [-0.25, -0.2) is 4.39 Å². The van der Waals surface area contributed by atoms with E-state index in [1.165, 1.54) is 12.1 Å². The topological polar surface area (TPSA) is 62.9 Å². The third-order valence-corrected chi connectivity index (χ3v) is 7.17. The van der Waals surface area contributed by atoms with Crippen LogP contribution in [0.1, 0.15) is 50.7 Å². The van der Waals surface area contributed by atoms with Crippen molar-refractivity contribution in [2.45, 2.75) is 44.9 Å². The van der Waals surface area contributed by atoms with Gasteiger partial charge in [0.25, 0.3) is 0 Å². The molecule has 1 saturated heterocycles. The third kappa shape index (κ3) is 6.65. The highest BCUT2D eigenvalue weighted by Crippen LogP contribution is 2.36. The van der Waals surface area contributed by atoms with Crippen molar-refractivity contribution in [3.8, 4) is 6.07 Å². The quantitative estimate of drug-likeness (QED) is 0.278. The van der Waals surface area contributed by atoms with Gasteiger partial charge in [0.15, 0.2) is 0 Å². The molecule has 1 fully saturated rings. The van der Waals surface area contributed by atoms with Crippen LogP contribution < -0.4 is 0 Å². The van der Waals surface area contributed by atoms with Crippen LogP contribution in [0.2, 0.25) is 0 Å². The molecule has 1 atom stereocenters. The van der Waals surface area contributed by atoms with Crippen LogP contribution in [0, 0.1) is 23.1 Å². The Labute approximate surface area is 203 Å². The van der Waals surface area contributed by atoms with Gasteiger partial charge in [-0.2, -0.15) is 5.26 Å². The molecule has 5 nitrogen and oxygen atoms in total. The first-order chi connectivity index (χ1) is 16.5. The van der Waals surface area contributed by atoms with E-state index in [1.807, 2.05) is 18.2 Å². The number of nitriles is 1. The van der Waals surface area contributed by atoms with Crippen LogP contribution in [0.15, 0.2) is 59.8 Å². The number of hydrogen-bond donors (Lipinski definition) is 1. The van der Waals surface area contributed by atoms with E-state index in [-0.39, 0.29) is 11.7 Å². The van der Waals surface area contributed by atoms with Crippen molar-refractivity contribution in [1.29, 1.82) is 5.26 Å². The number of nitrogens with zero attached hydrogens (tertiary/aromatic N) is 4. The smallest absolute Gasteiger partial charge is 0.123 e. The Hall–Kier alpha value is -2.75. The number of halogens is 1. The fourth-order valence-corrected chi connectivity index (χ4v) is 4.93. The number of rotatable bonds is 11. The van der Waals surface area contributed by atoms with Crippen molar-refractivity contribution < 1.29 is 9.60 Å². The van der Waals surface area contributed by atoms with Crippen molar-refractivity contribution >= 4 is 5.71 Å². The predicted octanol–water partition coefficient (Wildman–Crippen LogP) is 5.30. The molecule has 0 bridgehead atoms. The lowest BCUT2D eigenvalue weighted by Gasteiger charge is -2.36. The molecule has 1 N–H and O–H groups in total. The van der Waals surface area contributed by atoms with E-state index in [0.29, 0.717) is 12.1 Å². The average Bonchev–Trinajstić information content (AvgIpc) is 2.86. The molecular formula is C28H37FN4O. The molecule has 0 aromatic heterocycles. The van der Waals surface area contributed by atoms with E-state index >= 15 is 0 Å². The summed E-state index contributed by atoms with van der Waals surface area (Å²) < 4.78 is 13.1. The number of piperazine rings is 1. The predicted molar refractivity (Wildman–Crippen MR) is 135 cm³/mol. The summed E-state index contributed by atoms with van der Waals surface area (Å²) in [6.07, 6.45) is 3.44. The molecule has 1 unspecified atom stereocenters. The van der Waals surface area contributed by atoms with Gasteiger partial charge < -0.3 is 15.0 Å². The van der Waals surface area contributed by atoms with Gasteiger partial charge in [-0.05, 0) is 68.0 Å². The molecule has 3 rings (SSSR count). The van der Waals surface area contributed by atoms with E-state index in [2.05, 4.69) is 47.0 Å². The molecule has 1 heterocycles. The molecule has 2 aromatic carbocycles. The third-order valence-electron chi connectivity index (χ3n) is 7.17. The summed E-state index contributed by atoms with van der Waals surface area (Å²) in [6, 6.07) is 19.0. The Kier molecular flexibility index (Phi) is 9.62. The minimum Gasteiger partial charge on any atom is -0.411 e. The number of benzene rings is 2. The summed E-state index contributed by atoms with van der Waals surface area (Å²) >= 11 is 0. The molecular weight excluding hydrogens is 427 g/mol. The first kappa shape index (κ1) is 25.9. The minimum atomic E-state index is -0.431. The highest BCUT2D eigenvalue weighted by Gasteiger charge is 2.35. The molecule has 2 aromatic rings. The monoisotopic (exact) mass is 464 g/mol. The maximum Gasteiger partial charge on any atom is 0.123 e. The van der Waals surface area contributed by atoms with E-state index in [4.69, 9.17) is 0 Å². The van der Waals surface area contributed by atoms with E-state index in [0.717, 1.165) is 69.7 Å². The molecule has 0 saturated carbocycles. The standard InChI is InChI=1S/C28H37FN4O/c1-23(2)28(22-30,25-8-4-3-5-9-25)15-7-17-33-20-18-32(19-21-33)16-6-10-27(31-34)24-11-13-26(29)14-12-24/h3-5,8-9,11-14,23,34H,6-7,10,15-21H2,1-2H3/b31-27-. The first-order valence-corrected chi connectivity index (χ1v) is 12.4. The average molecular weight is 465 g/mol. The zero-order valence-corrected chi connectivity index (χ0v) is 20.5. The van der Waals surface area contributed by atoms with Crippen LogP contribution in [-0.4, -0.2) is 60.0 Å². The van der Waals surface area contributed by atoms with Crippen molar-refractivity contribution in [1.82, 2.24) is 9.80 Å². The Morgan fingerprint density at radius 1 is 1.00 bits per heavy atom. The molecule has 0 aliphatic carbocycles. The largest absolute Gasteiger partial charge is 0.411 e. The summed E-state index contributed by atoms with van der Waals surface area (Å²) in [4.78, 5) is 4.96. The van der Waals surface area contributed by atoms with Crippen molar-refractivity contribution in [2.75, 3.05) is 39.3 Å². The summed E-state index contributed by atoms with van der Waals surface area (Å²) in [5.41, 5.74) is 2.06. The second-order valence-electron chi connectivity index (χ2n) is 9.55. The molecule has 182 valence electrons. The van der Waals surface area contributed by atoms with E-state index in [9.17, 15) is 14.9 Å². The molecule has 0 amide bonds. The Morgan fingerprint density at radius 2 is 1.59 bits per heavy atom. The van der Waals surface area contributed by atoms with Crippen LogP contribution in [0.4, 0.5) is 4.39 Å². The molecule has 0 spiro atoms. The van der Waals surface area contributed by atoms with Gasteiger partial charge in [0, 0.05) is 26.2 Å². The first-order valence-electron chi connectivity index (χ1n) is 12.4. The lowest BCUT2D eigenvalue weighted by molar-refractivity contribution is 0.128. The summed E-state index contributed by atoms with van der Waals surface area (Å²) in [5.74, 6) is -0.0273. The lowest BCUT2D eigenvalue weighted by atomic mass is 9.70. The van der Waals surface area contributed by atoms with Gasteiger partial charge in [0.2, 0.25) is 0 Å².